The molecule has 0 bridgehead atoms. The van der Waals surface area contributed by atoms with Gasteiger partial charge in [-0.3, -0.25) is 0 Å². The highest BCUT2D eigenvalue weighted by Gasteiger charge is 2.01. The minimum atomic E-state index is 0.262. The summed E-state index contributed by atoms with van der Waals surface area (Å²) in [5.74, 6) is 0.907. The van der Waals surface area contributed by atoms with Crippen molar-refractivity contribution in [2.45, 2.75) is 26.4 Å². The lowest BCUT2D eigenvalue weighted by atomic mass is 10.3. The molecule has 66 valence electrons. The van der Waals surface area contributed by atoms with Gasteiger partial charge in [-0.05, 0) is 13.8 Å². The second-order valence-corrected chi connectivity index (χ2v) is 2.71. The molecule has 1 aromatic rings. The second kappa shape index (κ2) is 3.95. The van der Waals surface area contributed by atoms with Gasteiger partial charge in [0.2, 0.25) is 5.95 Å². The summed E-state index contributed by atoms with van der Waals surface area (Å²) in [6.07, 6.45) is 5.61. The lowest BCUT2D eigenvalue weighted by molar-refractivity contribution is 0.757. The van der Waals surface area contributed by atoms with Crippen LogP contribution in [0.15, 0.2) is 25.0 Å². The van der Waals surface area contributed by atoms with E-state index in [0.29, 0.717) is 0 Å². The van der Waals surface area contributed by atoms with Crippen LogP contribution in [0.4, 0.5) is 5.95 Å². The Morgan fingerprint density at radius 1 is 1.83 bits per heavy atom. The Balaban J connectivity index is 2.67. The molecule has 0 aromatic carbocycles. The first-order chi connectivity index (χ1) is 5.77. The average molecular weight is 165 g/mol. The minimum Gasteiger partial charge on any atom is -0.350 e. The molecule has 1 rings (SSSR count). The van der Waals surface area contributed by atoms with E-state index in [1.807, 2.05) is 19.2 Å². The van der Waals surface area contributed by atoms with E-state index >= 15 is 0 Å². The minimum absolute atomic E-state index is 0.262. The van der Waals surface area contributed by atoms with Crippen molar-refractivity contribution in [3.8, 4) is 0 Å². The zero-order valence-electron chi connectivity index (χ0n) is 7.62. The van der Waals surface area contributed by atoms with Gasteiger partial charge in [-0.1, -0.05) is 6.08 Å². The van der Waals surface area contributed by atoms with E-state index < -0.39 is 0 Å². The van der Waals surface area contributed by atoms with Crippen LogP contribution in [-0.4, -0.2) is 15.6 Å². The first-order valence-electron chi connectivity index (χ1n) is 4.18. The molecule has 1 atom stereocenters. The molecule has 0 aliphatic carbocycles. The number of hydrogen-bond donors (Lipinski definition) is 1. The summed E-state index contributed by atoms with van der Waals surface area (Å²) in [5, 5.41) is 3.22. The molecule has 0 fully saturated rings. The Morgan fingerprint density at radius 2 is 2.58 bits per heavy atom. The van der Waals surface area contributed by atoms with Crippen LogP contribution in [0.1, 0.15) is 13.8 Å². The fraction of sp³-hybridized carbons (Fsp3) is 0.444. The third kappa shape index (κ3) is 1.87. The molecule has 3 nitrogen and oxygen atoms in total. The number of hydrogen-bond acceptors (Lipinski definition) is 2. The van der Waals surface area contributed by atoms with Crippen LogP contribution in [0.5, 0.6) is 0 Å². The van der Waals surface area contributed by atoms with Crippen molar-refractivity contribution in [2.75, 3.05) is 5.32 Å². The molecule has 0 saturated heterocycles. The summed E-state index contributed by atoms with van der Waals surface area (Å²) in [6, 6.07) is 0.262. The quantitative estimate of drug-likeness (QED) is 0.690. The fourth-order valence-corrected chi connectivity index (χ4v) is 0.967. The maximum absolute atomic E-state index is 4.18. The van der Waals surface area contributed by atoms with Crippen molar-refractivity contribution in [1.82, 2.24) is 9.55 Å². The van der Waals surface area contributed by atoms with Gasteiger partial charge in [-0.25, -0.2) is 4.98 Å². The molecule has 1 heterocycles. The van der Waals surface area contributed by atoms with Gasteiger partial charge in [0.05, 0.1) is 0 Å². The molecule has 0 amide bonds. The molecule has 1 unspecified atom stereocenters. The summed E-state index contributed by atoms with van der Waals surface area (Å²) in [4.78, 5) is 4.18. The Bertz CT molecular complexity index is 252. The Morgan fingerprint density at radius 3 is 3.17 bits per heavy atom. The molecule has 0 aliphatic rings. The van der Waals surface area contributed by atoms with Crippen LogP contribution in [0.25, 0.3) is 0 Å². The van der Waals surface area contributed by atoms with E-state index in [1.54, 1.807) is 6.20 Å². The lowest BCUT2D eigenvalue weighted by Gasteiger charge is -2.10. The molecule has 3 heteroatoms. The van der Waals surface area contributed by atoms with Gasteiger partial charge < -0.3 is 9.88 Å². The smallest absolute Gasteiger partial charge is 0.203 e. The maximum Gasteiger partial charge on any atom is 0.203 e. The van der Waals surface area contributed by atoms with E-state index in [1.165, 1.54) is 0 Å². The van der Waals surface area contributed by atoms with Crippen LogP contribution in [-0.2, 0) is 6.54 Å². The average Bonchev–Trinajstić information content (AvgIpc) is 2.51. The molecule has 0 radical (unpaired) electrons. The van der Waals surface area contributed by atoms with E-state index in [4.69, 9.17) is 0 Å². The molecule has 0 spiro atoms. The zero-order valence-corrected chi connectivity index (χ0v) is 7.62. The number of nitrogens with one attached hydrogen (secondary N) is 1. The highest BCUT2D eigenvalue weighted by Crippen LogP contribution is 2.05. The summed E-state index contributed by atoms with van der Waals surface area (Å²) in [7, 11) is 0. The topological polar surface area (TPSA) is 29.9 Å². The standard InChI is InChI=1S/C9H15N3/c1-4-8(3)11-9-10-6-7-12(9)5-2/h4,6-8H,1,5H2,2-3H3,(H,10,11). The Hall–Kier alpha value is -1.25. The first-order valence-corrected chi connectivity index (χ1v) is 4.18. The van der Waals surface area contributed by atoms with Crippen LogP contribution >= 0.6 is 0 Å². The van der Waals surface area contributed by atoms with E-state index in [2.05, 4.69) is 28.4 Å². The first kappa shape index (κ1) is 8.84. The number of aromatic nitrogens is 2. The monoisotopic (exact) mass is 165 g/mol. The molecular formula is C9H15N3. The van der Waals surface area contributed by atoms with Gasteiger partial charge in [-0.15, -0.1) is 6.58 Å². The van der Waals surface area contributed by atoms with Crippen molar-refractivity contribution < 1.29 is 0 Å². The van der Waals surface area contributed by atoms with Gasteiger partial charge in [0.15, 0.2) is 0 Å². The van der Waals surface area contributed by atoms with Crippen molar-refractivity contribution in [3.05, 3.63) is 25.0 Å². The predicted octanol–water partition coefficient (Wildman–Crippen LogP) is 1.89. The summed E-state index contributed by atoms with van der Waals surface area (Å²) >= 11 is 0. The van der Waals surface area contributed by atoms with E-state index in [-0.39, 0.29) is 6.04 Å². The Labute approximate surface area is 73.1 Å². The summed E-state index contributed by atoms with van der Waals surface area (Å²) in [6.45, 7) is 8.77. The molecule has 1 N–H and O–H groups in total. The lowest BCUT2D eigenvalue weighted by Crippen LogP contribution is -2.15. The van der Waals surface area contributed by atoms with Crippen LogP contribution in [0.2, 0.25) is 0 Å². The van der Waals surface area contributed by atoms with Gasteiger partial charge in [0.25, 0.3) is 0 Å². The van der Waals surface area contributed by atoms with Crippen LogP contribution in [0.3, 0.4) is 0 Å². The van der Waals surface area contributed by atoms with Crippen LogP contribution in [0, 0.1) is 0 Å². The third-order valence-corrected chi connectivity index (χ3v) is 1.77. The Kier molecular flexibility index (Phi) is 2.91. The van der Waals surface area contributed by atoms with Crippen LogP contribution < -0.4 is 5.32 Å². The third-order valence-electron chi connectivity index (χ3n) is 1.77. The van der Waals surface area contributed by atoms with Gasteiger partial charge in [0.1, 0.15) is 0 Å². The molecule has 1 aromatic heterocycles. The maximum atomic E-state index is 4.18. The number of aryl methyl sites for hydroxylation is 1. The van der Waals surface area contributed by atoms with Gasteiger partial charge >= 0.3 is 0 Å². The molecule has 0 saturated carbocycles. The summed E-state index contributed by atoms with van der Waals surface area (Å²) < 4.78 is 2.06. The number of nitrogens with zero attached hydrogens (tertiary/aromatic N) is 2. The number of anilines is 1. The van der Waals surface area contributed by atoms with Crippen molar-refractivity contribution in [3.63, 3.8) is 0 Å². The number of rotatable bonds is 4. The van der Waals surface area contributed by atoms with Crippen molar-refractivity contribution in [2.24, 2.45) is 0 Å². The van der Waals surface area contributed by atoms with E-state index in [0.717, 1.165) is 12.5 Å². The molecular weight excluding hydrogens is 150 g/mol. The highest BCUT2D eigenvalue weighted by atomic mass is 15.2. The predicted molar refractivity (Wildman–Crippen MR) is 51.2 cm³/mol. The zero-order chi connectivity index (χ0) is 8.97. The normalized spacial score (nSPS) is 12.5. The highest BCUT2D eigenvalue weighted by molar-refractivity contribution is 5.28. The SMILES string of the molecule is C=CC(C)Nc1nccn1CC. The van der Waals surface area contributed by atoms with Crippen molar-refractivity contribution >= 4 is 5.95 Å². The van der Waals surface area contributed by atoms with Gasteiger partial charge in [0, 0.05) is 25.0 Å². The molecule has 0 aliphatic heterocycles. The van der Waals surface area contributed by atoms with Gasteiger partial charge in [-0.2, -0.15) is 0 Å². The largest absolute Gasteiger partial charge is 0.350 e. The van der Waals surface area contributed by atoms with E-state index in [9.17, 15) is 0 Å². The fourth-order valence-electron chi connectivity index (χ4n) is 0.967. The summed E-state index contributed by atoms with van der Waals surface area (Å²) in [5.41, 5.74) is 0. The van der Waals surface area contributed by atoms with Crippen molar-refractivity contribution in [1.29, 1.82) is 0 Å². The second-order valence-electron chi connectivity index (χ2n) is 2.71. The number of imidazole rings is 1. The molecule has 12 heavy (non-hydrogen) atoms.